The van der Waals surface area contributed by atoms with Gasteiger partial charge >= 0.3 is 0 Å². The SMILES string of the molecule is Cc1cc(C)c(NC(=O)CSCCN)c(C)c1. The van der Waals surface area contributed by atoms with Crippen LogP contribution in [-0.4, -0.2) is 24.0 Å². The van der Waals surface area contributed by atoms with E-state index in [-0.39, 0.29) is 5.91 Å². The van der Waals surface area contributed by atoms with Crippen LogP contribution in [0.1, 0.15) is 16.7 Å². The van der Waals surface area contributed by atoms with Crippen molar-refractivity contribution >= 4 is 23.4 Å². The average Bonchev–Trinajstić information content (AvgIpc) is 2.24. The molecule has 0 fully saturated rings. The highest BCUT2D eigenvalue weighted by Gasteiger charge is 2.07. The zero-order valence-electron chi connectivity index (χ0n) is 10.7. The molecule has 3 nitrogen and oxygen atoms in total. The van der Waals surface area contributed by atoms with Crippen LogP contribution in [0.15, 0.2) is 12.1 Å². The minimum absolute atomic E-state index is 0.0403. The van der Waals surface area contributed by atoms with Gasteiger partial charge in [-0.2, -0.15) is 11.8 Å². The summed E-state index contributed by atoms with van der Waals surface area (Å²) in [6, 6.07) is 4.16. The van der Waals surface area contributed by atoms with Crippen molar-refractivity contribution < 1.29 is 4.79 Å². The van der Waals surface area contributed by atoms with Crippen LogP contribution in [0.2, 0.25) is 0 Å². The third-order valence-corrected chi connectivity index (χ3v) is 3.43. The molecule has 0 bridgehead atoms. The minimum Gasteiger partial charge on any atom is -0.330 e. The first kappa shape index (κ1) is 14.1. The van der Waals surface area contributed by atoms with Crippen molar-refractivity contribution in [3.63, 3.8) is 0 Å². The van der Waals surface area contributed by atoms with Crippen molar-refractivity contribution in [3.05, 3.63) is 28.8 Å². The smallest absolute Gasteiger partial charge is 0.234 e. The second-order valence-electron chi connectivity index (χ2n) is 4.16. The maximum atomic E-state index is 11.7. The number of hydrogen-bond acceptors (Lipinski definition) is 3. The number of nitrogens with two attached hydrogens (primary N) is 1. The Balaban J connectivity index is 2.65. The molecule has 0 heterocycles. The molecular weight excluding hydrogens is 232 g/mol. The molecule has 0 aromatic heterocycles. The zero-order chi connectivity index (χ0) is 12.8. The monoisotopic (exact) mass is 252 g/mol. The molecule has 0 spiro atoms. The molecule has 0 saturated carbocycles. The Morgan fingerprint density at radius 3 is 2.41 bits per heavy atom. The molecular formula is C13H20N2OS. The first-order valence-electron chi connectivity index (χ1n) is 5.70. The van der Waals surface area contributed by atoms with E-state index in [2.05, 4.69) is 24.4 Å². The number of amides is 1. The quantitative estimate of drug-likeness (QED) is 0.790. The van der Waals surface area contributed by atoms with Crippen LogP contribution in [0, 0.1) is 20.8 Å². The van der Waals surface area contributed by atoms with Crippen LogP contribution < -0.4 is 11.1 Å². The summed E-state index contributed by atoms with van der Waals surface area (Å²) in [5.41, 5.74) is 9.76. The lowest BCUT2D eigenvalue weighted by molar-refractivity contribution is -0.113. The number of hydrogen-bond donors (Lipinski definition) is 2. The van der Waals surface area contributed by atoms with Crippen molar-refractivity contribution in [2.45, 2.75) is 20.8 Å². The Bertz CT molecular complexity index is 381. The van der Waals surface area contributed by atoms with E-state index in [0.29, 0.717) is 12.3 Å². The first-order valence-corrected chi connectivity index (χ1v) is 6.85. The van der Waals surface area contributed by atoms with Gasteiger partial charge in [0.05, 0.1) is 5.75 Å². The summed E-state index contributed by atoms with van der Waals surface area (Å²) >= 11 is 1.56. The highest BCUT2D eigenvalue weighted by atomic mass is 32.2. The van der Waals surface area contributed by atoms with Gasteiger partial charge in [0.25, 0.3) is 0 Å². The van der Waals surface area contributed by atoms with Gasteiger partial charge in [0.1, 0.15) is 0 Å². The molecule has 0 atom stereocenters. The number of rotatable bonds is 5. The number of carbonyl (C=O) groups is 1. The summed E-state index contributed by atoms with van der Waals surface area (Å²) in [7, 11) is 0. The number of carbonyl (C=O) groups excluding carboxylic acids is 1. The van der Waals surface area contributed by atoms with Crippen LogP contribution in [0.5, 0.6) is 0 Å². The van der Waals surface area contributed by atoms with Gasteiger partial charge in [-0.15, -0.1) is 0 Å². The highest BCUT2D eigenvalue weighted by Crippen LogP contribution is 2.22. The van der Waals surface area contributed by atoms with E-state index in [9.17, 15) is 4.79 Å². The fraction of sp³-hybridized carbons (Fsp3) is 0.462. The molecule has 1 aromatic rings. The largest absolute Gasteiger partial charge is 0.330 e. The molecule has 3 N–H and O–H groups in total. The van der Waals surface area contributed by atoms with E-state index in [1.807, 2.05) is 13.8 Å². The van der Waals surface area contributed by atoms with E-state index in [1.165, 1.54) is 5.56 Å². The number of aryl methyl sites for hydroxylation is 3. The van der Waals surface area contributed by atoms with Gasteiger partial charge in [-0.25, -0.2) is 0 Å². The maximum absolute atomic E-state index is 11.7. The van der Waals surface area contributed by atoms with Gasteiger partial charge in [0.15, 0.2) is 0 Å². The maximum Gasteiger partial charge on any atom is 0.234 e. The predicted molar refractivity (Wildman–Crippen MR) is 75.7 cm³/mol. The second-order valence-corrected chi connectivity index (χ2v) is 5.27. The minimum atomic E-state index is 0.0403. The third-order valence-electron chi connectivity index (χ3n) is 2.44. The van der Waals surface area contributed by atoms with Crippen molar-refractivity contribution in [2.75, 3.05) is 23.4 Å². The van der Waals surface area contributed by atoms with Crippen LogP contribution in [-0.2, 0) is 4.79 Å². The number of benzene rings is 1. The molecule has 1 rings (SSSR count). The standard InChI is InChI=1S/C13H20N2OS/c1-9-6-10(2)13(11(3)7-9)15-12(16)8-17-5-4-14/h6-7H,4-5,8,14H2,1-3H3,(H,15,16). The van der Waals surface area contributed by atoms with E-state index >= 15 is 0 Å². The molecule has 0 aliphatic rings. The Labute approximate surface area is 107 Å². The van der Waals surface area contributed by atoms with Crippen molar-refractivity contribution in [3.8, 4) is 0 Å². The summed E-state index contributed by atoms with van der Waals surface area (Å²) in [5.74, 6) is 1.32. The average molecular weight is 252 g/mol. The highest BCUT2D eigenvalue weighted by molar-refractivity contribution is 7.99. The number of anilines is 1. The van der Waals surface area contributed by atoms with E-state index in [4.69, 9.17) is 5.73 Å². The zero-order valence-corrected chi connectivity index (χ0v) is 11.5. The summed E-state index contributed by atoms with van der Waals surface area (Å²) in [6.45, 7) is 6.70. The number of thioether (sulfide) groups is 1. The normalized spacial score (nSPS) is 10.4. The first-order chi connectivity index (χ1) is 8.04. The summed E-state index contributed by atoms with van der Waals surface area (Å²) < 4.78 is 0. The van der Waals surface area contributed by atoms with Gasteiger partial charge in [0, 0.05) is 18.0 Å². The summed E-state index contributed by atoms with van der Waals surface area (Å²) in [4.78, 5) is 11.7. The van der Waals surface area contributed by atoms with Crippen molar-refractivity contribution in [1.29, 1.82) is 0 Å². The van der Waals surface area contributed by atoms with Gasteiger partial charge in [-0.3, -0.25) is 4.79 Å². The predicted octanol–water partition coefficient (Wildman–Crippen LogP) is 2.24. The summed E-state index contributed by atoms with van der Waals surface area (Å²) in [5, 5.41) is 2.96. The lowest BCUT2D eigenvalue weighted by atomic mass is 10.1. The molecule has 17 heavy (non-hydrogen) atoms. The van der Waals surface area contributed by atoms with Crippen molar-refractivity contribution in [2.24, 2.45) is 5.73 Å². The topological polar surface area (TPSA) is 55.1 Å². The van der Waals surface area contributed by atoms with Crippen LogP contribution in [0.4, 0.5) is 5.69 Å². The molecule has 0 aliphatic carbocycles. The molecule has 94 valence electrons. The molecule has 0 aliphatic heterocycles. The fourth-order valence-corrected chi connectivity index (χ4v) is 2.37. The van der Waals surface area contributed by atoms with E-state index < -0.39 is 0 Å². The molecule has 0 unspecified atom stereocenters. The van der Waals surface area contributed by atoms with Gasteiger partial charge in [0.2, 0.25) is 5.91 Å². The Kier molecular flexibility index (Phi) is 5.51. The fourth-order valence-electron chi connectivity index (χ4n) is 1.80. The van der Waals surface area contributed by atoms with E-state index in [0.717, 1.165) is 22.6 Å². The Morgan fingerprint density at radius 2 is 1.88 bits per heavy atom. The summed E-state index contributed by atoms with van der Waals surface area (Å²) in [6.07, 6.45) is 0. The molecule has 4 heteroatoms. The second kappa shape index (κ2) is 6.67. The van der Waals surface area contributed by atoms with Gasteiger partial charge in [-0.1, -0.05) is 17.7 Å². The van der Waals surface area contributed by atoms with Gasteiger partial charge in [-0.05, 0) is 31.9 Å². The third kappa shape index (κ3) is 4.40. The van der Waals surface area contributed by atoms with Gasteiger partial charge < -0.3 is 11.1 Å². The lowest BCUT2D eigenvalue weighted by Gasteiger charge is -2.12. The van der Waals surface area contributed by atoms with Crippen LogP contribution in [0.3, 0.4) is 0 Å². The van der Waals surface area contributed by atoms with E-state index in [1.54, 1.807) is 11.8 Å². The Hall–Kier alpha value is -1.00. The molecule has 1 amide bonds. The van der Waals surface area contributed by atoms with Crippen molar-refractivity contribution in [1.82, 2.24) is 0 Å². The van der Waals surface area contributed by atoms with Crippen LogP contribution in [0.25, 0.3) is 0 Å². The van der Waals surface area contributed by atoms with Crippen LogP contribution >= 0.6 is 11.8 Å². The Morgan fingerprint density at radius 1 is 1.29 bits per heavy atom. The molecule has 0 radical (unpaired) electrons. The molecule has 0 saturated heterocycles. The lowest BCUT2D eigenvalue weighted by Crippen LogP contribution is -2.17. The molecule has 1 aromatic carbocycles. The number of nitrogens with one attached hydrogen (secondary N) is 1.